The second kappa shape index (κ2) is 6.94. The number of ether oxygens (including phenoxy) is 2. The van der Waals surface area contributed by atoms with Crippen LogP contribution in [-0.2, 0) is 11.2 Å². The first kappa shape index (κ1) is 17.8. The van der Waals surface area contributed by atoms with E-state index >= 15 is 0 Å². The van der Waals surface area contributed by atoms with Crippen LogP contribution in [0.25, 0.3) is 22.4 Å². The van der Waals surface area contributed by atoms with E-state index in [1.165, 1.54) is 17.3 Å². The number of hydrogen-bond acceptors (Lipinski definition) is 6. The van der Waals surface area contributed by atoms with Gasteiger partial charge in [-0.25, -0.2) is 4.98 Å². The summed E-state index contributed by atoms with van der Waals surface area (Å²) in [6.07, 6.45) is 0.717. The van der Waals surface area contributed by atoms with Crippen molar-refractivity contribution in [3.05, 3.63) is 59.2 Å². The highest BCUT2D eigenvalue weighted by Crippen LogP contribution is 2.46. The lowest BCUT2D eigenvalue weighted by molar-refractivity contribution is -0.114. The van der Waals surface area contributed by atoms with Gasteiger partial charge in [-0.15, -0.1) is 0 Å². The number of rotatable bonds is 4. The topological polar surface area (TPSA) is 72.2 Å². The van der Waals surface area contributed by atoms with Crippen molar-refractivity contribution in [1.29, 1.82) is 5.26 Å². The highest BCUT2D eigenvalue weighted by atomic mass is 32.2. The maximum absolute atomic E-state index is 11.6. The third-order valence-electron chi connectivity index (χ3n) is 5.09. The zero-order valence-corrected chi connectivity index (χ0v) is 16.5. The van der Waals surface area contributed by atoms with E-state index in [0.717, 1.165) is 27.9 Å². The first-order valence-corrected chi connectivity index (χ1v) is 10.2. The van der Waals surface area contributed by atoms with Gasteiger partial charge in [0.25, 0.3) is 0 Å². The molecule has 0 amide bonds. The molecule has 1 aliphatic carbocycles. The van der Waals surface area contributed by atoms with Crippen molar-refractivity contribution in [1.82, 2.24) is 4.98 Å². The molecule has 0 fully saturated rings. The molecule has 0 bridgehead atoms. The Labute approximate surface area is 172 Å². The van der Waals surface area contributed by atoms with Crippen LogP contribution in [0.1, 0.15) is 23.6 Å². The van der Waals surface area contributed by atoms with Gasteiger partial charge >= 0.3 is 0 Å². The van der Waals surface area contributed by atoms with Gasteiger partial charge in [0.1, 0.15) is 16.9 Å². The first-order chi connectivity index (χ1) is 14.2. The van der Waals surface area contributed by atoms with Gasteiger partial charge in [-0.3, -0.25) is 4.79 Å². The third-order valence-corrected chi connectivity index (χ3v) is 6.21. The molecule has 142 valence electrons. The van der Waals surface area contributed by atoms with Crippen LogP contribution in [0.4, 0.5) is 0 Å². The standard InChI is InChI=1S/C23H16N2O3S/c1-13(26)11-29-23-18(10-24)21(15-6-7-19-20(9-15)28-12-27-19)17-8-14-4-2-3-5-16(14)22(17)25-23/h2-7,9H,8,11-12H2,1H3. The first-order valence-electron chi connectivity index (χ1n) is 9.23. The van der Waals surface area contributed by atoms with E-state index < -0.39 is 0 Å². The lowest BCUT2D eigenvalue weighted by Crippen LogP contribution is -2.01. The van der Waals surface area contributed by atoms with Gasteiger partial charge in [-0.1, -0.05) is 42.1 Å². The molecule has 0 saturated carbocycles. The van der Waals surface area contributed by atoms with E-state index in [4.69, 9.17) is 14.5 Å². The van der Waals surface area contributed by atoms with Gasteiger partial charge in [0.2, 0.25) is 6.79 Å². The Morgan fingerprint density at radius 2 is 2.03 bits per heavy atom. The molecular weight excluding hydrogens is 384 g/mol. The maximum atomic E-state index is 11.6. The summed E-state index contributed by atoms with van der Waals surface area (Å²) in [6.45, 7) is 1.74. The number of Topliss-reactive ketones (excluding diaryl/α,β-unsaturated/α-hetero) is 1. The van der Waals surface area contributed by atoms with Crippen LogP contribution in [0, 0.1) is 11.3 Å². The fraction of sp³-hybridized carbons (Fsp3) is 0.174. The molecule has 6 heteroatoms. The van der Waals surface area contributed by atoms with Crippen LogP contribution in [0.5, 0.6) is 11.5 Å². The average molecular weight is 400 g/mol. The second-order valence-corrected chi connectivity index (χ2v) is 7.96. The van der Waals surface area contributed by atoms with Gasteiger partial charge in [0.05, 0.1) is 17.0 Å². The minimum atomic E-state index is 0.0474. The van der Waals surface area contributed by atoms with E-state index in [2.05, 4.69) is 18.2 Å². The number of carbonyl (C=O) groups excluding carboxylic acids is 1. The van der Waals surface area contributed by atoms with E-state index in [0.29, 0.717) is 28.5 Å². The van der Waals surface area contributed by atoms with Crippen LogP contribution in [0.2, 0.25) is 0 Å². The molecular formula is C23H16N2O3S. The van der Waals surface area contributed by atoms with Crippen LogP contribution < -0.4 is 9.47 Å². The summed E-state index contributed by atoms with van der Waals surface area (Å²) in [4.78, 5) is 16.4. The monoisotopic (exact) mass is 400 g/mol. The van der Waals surface area contributed by atoms with E-state index in [9.17, 15) is 10.1 Å². The van der Waals surface area contributed by atoms with Crippen LogP contribution in [-0.4, -0.2) is 23.3 Å². The molecule has 5 rings (SSSR count). The Hall–Kier alpha value is -3.30. The SMILES string of the molecule is CC(=O)CSc1nc2c(c(-c3ccc4c(c3)OCO4)c1C#N)Cc1ccccc1-2. The van der Waals surface area contributed by atoms with Crippen molar-refractivity contribution < 1.29 is 14.3 Å². The minimum Gasteiger partial charge on any atom is -0.454 e. The number of aromatic nitrogens is 1. The lowest BCUT2D eigenvalue weighted by atomic mass is 9.94. The summed E-state index contributed by atoms with van der Waals surface area (Å²) in [7, 11) is 0. The molecule has 2 heterocycles. The predicted octanol–water partition coefficient (Wildman–Crippen LogP) is 4.60. The molecule has 5 nitrogen and oxygen atoms in total. The summed E-state index contributed by atoms with van der Waals surface area (Å²) >= 11 is 1.32. The molecule has 0 spiro atoms. The molecule has 1 aromatic heterocycles. The molecule has 0 N–H and O–H groups in total. The number of nitriles is 1. The second-order valence-electron chi connectivity index (χ2n) is 7.00. The summed E-state index contributed by atoms with van der Waals surface area (Å²) in [5.41, 5.74) is 6.45. The van der Waals surface area contributed by atoms with Crippen LogP contribution in [0.3, 0.4) is 0 Å². The Morgan fingerprint density at radius 1 is 1.21 bits per heavy atom. The molecule has 0 unspecified atom stereocenters. The Morgan fingerprint density at radius 3 is 2.86 bits per heavy atom. The van der Waals surface area contributed by atoms with E-state index in [1.54, 1.807) is 6.92 Å². The molecule has 29 heavy (non-hydrogen) atoms. The molecule has 3 aromatic rings. The number of carbonyl (C=O) groups is 1. The molecule has 0 radical (unpaired) electrons. The number of thioether (sulfide) groups is 1. The van der Waals surface area contributed by atoms with Gasteiger partial charge in [-0.05, 0) is 35.7 Å². The highest BCUT2D eigenvalue weighted by molar-refractivity contribution is 8.00. The average Bonchev–Trinajstić information content (AvgIpc) is 3.34. The van der Waals surface area contributed by atoms with Crippen molar-refractivity contribution in [2.45, 2.75) is 18.4 Å². The number of nitrogens with zero attached hydrogens (tertiary/aromatic N) is 2. The third kappa shape index (κ3) is 2.95. The van der Waals surface area contributed by atoms with Gasteiger partial charge in [0, 0.05) is 17.5 Å². The predicted molar refractivity (Wildman–Crippen MR) is 110 cm³/mol. The zero-order chi connectivity index (χ0) is 20.0. The van der Waals surface area contributed by atoms with E-state index in [-0.39, 0.29) is 18.3 Å². The van der Waals surface area contributed by atoms with Gasteiger partial charge in [-0.2, -0.15) is 5.26 Å². The summed E-state index contributed by atoms with van der Waals surface area (Å²) < 4.78 is 11.0. The maximum Gasteiger partial charge on any atom is 0.231 e. The van der Waals surface area contributed by atoms with Crippen molar-refractivity contribution in [3.63, 3.8) is 0 Å². The van der Waals surface area contributed by atoms with Crippen molar-refractivity contribution in [2.75, 3.05) is 12.5 Å². The number of pyridine rings is 1. The van der Waals surface area contributed by atoms with Gasteiger partial charge < -0.3 is 9.47 Å². The quantitative estimate of drug-likeness (QED) is 0.466. The fourth-order valence-corrected chi connectivity index (χ4v) is 4.63. The molecule has 0 saturated heterocycles. The highest BCUT2D eigenvalue weighted by Gasteiger charge is 2.29. The molecule has 1 aliphatic heterocycles. The van der Waals surface area contributed by atoms with Gasteiger partial charge in [0.15, 0.2) is 11.5 Å². The molecule has 2 aromatic carbocycles. The summed E-state index contributed by atoms with van der Waals surface area (Å²) in [5.74, 6) is 1.70. The fourth-order valence-electron chi connectivity index (χ4n) is 3.84. The largest absolute Gasteiger partial charge is 0.454 e. The number of fused-ring (bicyclic) bond motifs is 4. The number of benzene rings is 2. The lowest BCUT2D eigenvalue weighted by Gasteiger charge is -2.15. The zero-order valence-electron chi connectivity index (χ0n) is 15.7. The number of hydrogen-bond donors (Lipinski definition) is 0. The number of ketones is 1. The van der Waals surface area contributed by atoms with Crippen LogP contribution in [0.15, 0.2) is 47.5 Å². The van der Waals surface area contributed by atoms with E-state index in [1.807, 2.05) is 30.3 Å². The Bertz CT molecular complexity index is 1210. The smallest absolute Gasteiger partial charge is 0.231 e. The summed E-state index contributed by atoms with van der Waals surface area (Å²) in [5, 5.41) is 10.6. The van der Waals surface area contributed by atoms with Crippen molar-refractivity contribution >= 4 is 17.5 Å². The van der Waals surface area contributed by atoms with Crippen molar-refractivity contribution in [3.8, 4) is 40.0 Å². The Balaban J connectivity index is 1.76. The molecule has 0 atom stereocenters. The van der Waals surface area contributed by atoms with Crippen molar-refractivity contribution in [2.24, 2.45) is 0 Å². The minimum absolute atomic E-state index is 0.0474. The van der Waals surface area contributed by atoms with Crippen LogP contribution >= 0.6 is 11.8 Å². The summed E-state index contributed by atoms with van der Waals surface area (Å²) in [6, 6.07) is 16.2. The Kier molecular flexibility index (Phi) is 4.26. The normalized spacial score (nSPS) is 13.0. The molecule has 2 aliphatic rings.